The summed E-state index contributed by atoms with van der Waals surface area (Å²) in [6.07, 6.45) is -1.79. The number of nitrogens with zero attached hydrogens (tertiary/aromatic N) is 4. The molecular weight excluding hydrogens is 626 g/mol. The van der Waals surface area contributed by atoms with Gasteiger partial charge in [-0.3, -0.25) is 9.80 Å². The molecule has 14 nitrogen and oxygen atoms in total. The third-order valence-electron chi connectivity index (χ3n) is 5.26. The summed E-state index contributed by atoms with van der Waals surface area (Å²) in [5.41, 5.74) is 1.74. The Hall–Kier alpha value is -1.90. The van der Waals surface area contributed by atoms with Crippen LogP contribution >= 0.6 is 15.2 Å². The van der Waals surface area contributed by atoms with Gasteiger partial charge in [0.2, 0.25) is 0 Å². The Morgan fingerprint density at radius 2 is 1.20 bits per heavy atom. The predicted molar refractivity (Wildman–Crippen MR) is 171 cm³/mol. The topological polar surface area (TPSA) is 208 Å². The largest absolute Gasteiger partial charge is 0.778 e. The molecule has 260 valence electrons. The first-order valence-corrected chi connectivity index (χ1v) is 17.6. The number of aryl methyl sites for hydroxylation is 1. The van der Waals surface area contributed by atoms with E-state index < -0.39 is 40.4 Å². The Kier molecular flexibility index (Phi) is 17.7. The number of phenolic OH excluding ortho intramolecular Hbond substituents is 2. The fraction of sp³-hybridized carbons (Fsp3) is 0.586. The number of aromatic hydroxyl groups is 2. The number of rotatable bonds is 13. The Balaban J connectivity index is 0.00000167. The maximum Gasteiger partial charge on any atom is 0.146 e. The van der Waals surface area contributed by atoms with E-state index in [0.29, 0.717) is 11.1 Å². The Morgan fingerprint density at radius 3 is 1.62 bits per heavy atom. The monoisotopic (exact) mass is 680 g/mol. The summed E-state index contributed by atoms with van der Waals surface area (Å²) in [5, 5.41) is 39.8. The van der Waals surface area contributed by atoms with Crippen molar-refractivity contribution in [3.63, 3.8) is 0 Å². The zero-order valence-electron chi connectivity index (χ0n) is 28.0. The predicted octanol–water partition coefficient (Wildman–Crippen LogP) is 0.215. The number of hydrogen-bond acceptors (Lipinski definition) is 10. The average molecular weight is 681 g/mol. The second-order valence-electron chi connectivity index (χ2n) is 13.8. The van der Waals surface area contributed by atoms with E-state index in [1.807, 2.05) is 0 Å². The molecule has 2 aromatic carbocycles. The summed E-state index contributed by atoms with van der Waals surface area (Å²) in [4.78, 5) is 44.7. The summed E-state index contributed by atoms with van der Waals surface area (Å²) < 4.78 is 25.4. The van der Waals surface area contributed by atoms with Crippen LogP contribution in [0.25, 0.3) is 0 Å². The molecule has 45 heavy (non-hydrogen) atoms. The fourth-order valence-electron chi connectivity index (χ4n) is 3.70. The summed E-state index contributed by atoms with van der Waals surface area (Å²) >= 11 is 0. The number of benzene rings is 2. The van der Waals surface area contributed by atoms with E-state index in [9.17, 15) is 49.1 Å². The van der Waals surface area contributed by atoms with E-state index in [-0.39, 0.29) is 43.3 Å². The van der Waals surface area contributed by atoms with Crippen molar-refractivity contribution in [1.82, 2.24) is 9.80 Å². The molecule has 0 aliphatic heterocycles. The molecule has 2 rings (SSSR count). The van der Waals surface area contributed by atoms with Gasteiger partial charge in [0.15, 0.2) is 0 Å². The highest BCUT2D eigenvalue weighted by molar-refractivity contribution is 7.50. The third kappa shape index (κ3) is 23.1. The van der Waals surface area contributed by atoms with Crippen LogP contribution in [0.1, 0.15) is 22.3 Å². The van der Waals surface area contributed by atoms with Crippen LogP contribution in [-0.2, 0) is 28.8 Å². The zero-order valence-corrected chi connectivity index (χ0v) is 29.8. The van der Waals surface area contributed by atoms with E-state index in [2.05, 4.69) is 56.4 Å². The van der Waals surface area contributed by atoms with Crippen LogP contribution in [0.3, 0.4) is 0 Å². The number of aliphatic hydroxyl groups excluding tert-OH is 2. The molecule has 0 spiro atoms. The van der Waals surface area contributed by atoms with Gasteiger partial charge in [-0.15, -0.1) is 0 Å². The van der Waals surface area contributed by atoms with Crippen LogP contribution in [0.4, 0.5) is 0 Å². The van der Waals surface area contributed by atoms with Gasteiger partial charge in [0, 0.05) is 36.8 Å². The standard InChI is InChI=1S/C21H32N2O10P2.2C4H12N/c1-15-2-4-20(26)17(6-15)8-22(13-34(28,29)30)10-19(12-25)23(14-35(31,32)33)9-18-7-16(11-24)3-5-21(18)27;2*1-5(2,3)4/h2-7,19,24-27H,8-14H2,1H3,(H2,28,29,30)(H2,31,32,33);2*1-4H3/q;2*+1/p-2. The first kappa shape index (κ1) is 43.1. The second-order valence-corrected chi connectivity index (χ2v) is 16.9. The maximum absolute atomic E-state index is 11.7. The fourth-order valence-corrected chi connectivity index (χ4v) is 5.21. The Bertz CT molecular complexity index is 1250. The van der Waals surface area contributed by atoms with Gasteiger partial charge in [0.05, 0.1) is 82.2 Å². The molecule has 3 unspecified atom stereocenters. The number of quaternary nitrogens is 2. The van der Waals surface area contributed by atoms with Crippen molar-refractivity contribution < 1.29 is 58.1 Å². The van der Waals surface area contributed by atoms with Crippen molar-refractivity contribution in [1.29, 1.82) is 0 Å². The number of phenols is 2. The summed E-state index contributed by atoms with van der Waals surface area (Å²) in [6.45, 7) is -0.00219. The molecule has 6 N–H and O–H groups in total. The highest BCUT2D eigenvalue weighted by Gasteiger charge is 2.26. The maximum atomic E-state index is 11.7. The van der Waals surface area contributed by atoms with Crippen molar-refractivity contribution in [3.8, 4) is 11.5 Å². The SMILES string of the molecule is C[N+](C)(C)C.C[N+](C)(C)C.Cc1ccc(O)c(CN(CC(CO)N(Cc2cc(CO)ccc2O)CP(=O)([O-])O)CP(=O)([O-])O)c1. The van der Waals surface area contributed by atoms with Crippen molar-refractivity contribution in [3.05, 3.63) is 58.7 Å². The molecule has 0 heterocycles. The highest BCUT2D eigenvalue weighted by Crippen LogP contribution is 2.35. The third-order valence-corrected chi connectivity index (χ3v) is 6.74. The van der Waals surface area contributed by atoms with E-state index >= 15 is 0 Å². The molecule has 16 heteroatoms. The van der Waals surface area contributed by atoms with Gasteiger partial charge in [-0.1, -0.05) is 23.8 Å². The van der Waals surface area contributed by atoms with Crippen LogP contribution in [-0.4, -0.2) is 137 Å². The second kappa shape index (κ2) is 18.4. The van der Waals surface area contributed by atoms with Crippen LogP contribution in [0.2, 0.25) is 0 Å². The molecule has 0 aliphatic rings. The van der Waals surface area contributed by atoms with E-state index in [4.69, 9.17) is 0 Å². The van der Waals surface area contributed by atoms with Crippen LogP contribution in [0, 0.1) is 6.92 Å². The lowest BCUT2D eigenvalue weighted by atomic mass is 10.1. The van der Waals surface area contributed by atoms with Crippen LogP contribution in [0.5, 0.6) is 11.5 Å². The molecular formula is C29H54N4O10P2. The van der Waals surface area contributed by atoms with Gasteiger partial charge >= 0.3 is 0 Å². The lowest BCUT2D eigenvalue weighted by Crippen LogP contribution is -2.47. The van der Waals surface area contributed by atoms with E-state index in [1.165, 1.54) is 29.2 Å². The minimum absolute atomic E-state index is 0.123. The molecule has 0 aromatic heterocycles. The van der Waals surface area contributed by atoms with Gasteiger partial charge < -0.3 is 58.1 Å². The molecule has 0 fully saturated rings. The van der Waals surface area contributed by atoms with E-state index in [0.717, 1.165) is 19.4 Å². The van der Waals surface area contributed by atoms with Crippen molar-refractivity contribution >= 4 is 15.2 Å². The number of hydrogen-bond donors (Lipinski definition) is 6. The molecule has 2 aromatic rings. The smallest absolute Gasteiger partial charge is 0.146 e. The summed E-state index contributed by atoms with van der Waals surface area (Å²) in [7, 11) is 7.24. The molecule has 0 saturated heterocycles. The summed E-state index contributed by atoms with van der Waals surface area (Å²) in [5.74, 6) is -0.342. The first-order chi connectivity index (χ1) is 20.2. The summed E-state index contributed by atoms with van der Waals surface area (Å²) in [6, 6.07) is 7.78. The average Bonchev–Trinajstić information content (AvgIpc) is 2.81. The zero-order chi connectivity index (χ0) is 35.4. The van der Waals surface area contributed by atoms with E-state index in [1.54, 1.807) is 19.1 Å². The van der Waals surface area contributed by atoms with Gasteiger partial charge in [-0.05, 0) is 30.7 Å². The Morgan fingerprint density at radius 1 is 0.756 bits per heavy atom. The van der Waals surface area contributed by atoms with Crippen LogP contribution in [0.15, 0.2) is 36.4 Å². The van der Waals surface area contributed by atoms with Crippen molar-refractivity contribution in [2.24, 2.45) is 0 Å². The van der Waals surface area contributed by atoms with Gasteiger partial charge in [-0.25, -0.2) is 0 Å². The first-order valence-electron chi connectivity index (χ1n) is 14.1. The van der Waals surface area contributed by atoms with Gasteiger partial charge in [-0.2, -0.15) is 0 Å². The Labute approximate surface area is 267 Å². The van der Waals surface area contributed by atoms with Crippen molar-refractivity contribution in [2.45, 2.75) is 32.7 Å². The highest BCUT2D eigenvalue weighted by atomic mass is 31.2. The lowest BCUT2D eigenvalue weighted by molar-refractivity contribution is -0.849. The van der Waals surface area contributed by atoms with Crippen LogP contribution < -0.4 is 9.79 Å². The quantitative estimate of drug-likeness (QED) is 0.124. The lowest BCUT2D eigenvalue weighted by Gasteiger charge is -2.37. The molecule has 0 bridgehead atoms. The molecule has 0 amide bonds. The minimum atomic E-state index is -4.92. The van der Waals surface area contributed by atoms with Gasteiger partial charge in [0.1, 0.15) is 26.7 Å². The van der Waals surface area contributed by atoms with Gasteiger partial charge in [0.25, 0.3) is 0 Å². The van der Waals surface area contributed by atoms with Crippen molar-refractivity contribution in [2.75, 3.05) is 82.1 Å². The normalized spacial score (nSPS) is 15.3. The number of aliphatic hydroxyl groups is 2. The molecule has 0 radical (unpaired) electrons. The molecule has 0 saturated carbocycles. The molecule has 0 aliphatic carbocycles. The molecule has 3 atom stereocenters. The minimum Gasteiger partial charge on any atom is -0.778 e.